The van der Waals surface area contributed by atoms with Crippen LogP contribution >= 0.6 is 11.6 Å². The number of ether oxygens (including phenoxy) is 1. The van der Waals surface area contributed by atoms with Gasteiger partial charge in [-0.25, -0.2) is 4.39 Å². The number of hydrogen-bond acceptors (Lipinski definition) is 2. The zero-order valence-corrected chi connectivity index (χ0v) is 9.37. The van der Waals surface area contributed by atoms with Crippen molar-refractivity contribution in [2.75, 3.05) is 7.11 Å². The zero-order chi connectivity index (χ0) is 11.5. The fourth-order valence-corrected chi connectivity index (χ4v) is 1.73. The van der Waals surface area contributed by atoms with Crippen LogP contribution in [-0.2, 0) is 0 Å². The molecule has 1 unspecified atom stereocenters. The summed E-state index contributed by atoms with van der Waals surface area (Å²) in [5.41, 5.74) is 0.373. The predicted molar refractivity (Wildman–Crippen MR) is 59.4 cm³/mol. The fourth-order valence-electron chi connectivity index (χ4n) is 1.43. The van der Waals surface area contributed by atoms with Crippen LogP contribution < -0.4 is 4.74 Å². The third-order valence-electron chi connectivity index (χ3n) is 2.27. The van der Waals surface area contributed by atoms with Gasteiger partial charge in [-0.15, -0.1) is 11.6 Å². The Morgan fingerprint density at radius 1 is 1.38 bits per heavy atom. The van der Waals surface area contributed by atoms with Crippen LogP contribution in [0.2, 0.25) is 0 Å². The molecule has 0 spiro atoms. The molecule has 0 aliphatic rings. The molecule has 0 saturated heterocycles. The van der Waals surface area contributed by atoms with Crippen molar-refractivity contribution < 1.29 is 13.5 Å². The van der Waals surface area contributed by atoms with E-state index in [-0.39, 0.29) is 0 Å². The molecule has 0 amide bonds. The van der Waals surface area contributed by atoms with Crippen molar-refractivity contribution >= 4 is 11.6 Å². The normalized spacial score (nSPS) is 12.4. The highest BCUT2D eigenvalue weighted by molar-refractivity contribution is 6.22. The molecule has 0 aliphatic carbocycles. The van der Waals surface area contributed by atoms with Gasteiger partial charge < -0.3 is 9.15 Å². The van der Waals surface area contributed by atoms with Crippen molar-refractivity contribution in [3.63, 3.8) is 0 Å². The molecule has 2 rings (SSSR count). The topological polar surface area (TPSA) is 22.4 Å². The van der Waals surface area contributed by atoms with Crippen LogP contribution in [0.25, 0.3) is 0 Å². The van der Waals surface area contributed by atoms with E-state index in [0.29, 0.717) is 17.1 Å². The molecule has 4 heteroatoms. The Labute approximate surface area is 97.6 Å². The maximum Gasteiger partial charge on any atom is 0.132 e. The van der Waals surface area contributed by atoms with Crippen LogP contribution in [0.15, 0.2) is 41.0 Å². The van der Waals surface area contributed by atoms with E-state index in [1.54, 1.807) is 24.3 Å². The molecule has 16 heavy (non-hydrogen) atoms. The molecule has 1 aromatic heterocycles. The first-order chi connectivity index (χ1) is 7.72. The smallest absolute Gasteiger partial charge is 0.132 e. The summed E-state index contributed by atoms with van der Waals surface area (Å²) in [4.78, 5) is 0. The Morgan fingerprint density at radius 3 is 2.75 bits per heavy atom. The van der Waals surface area contributed by atoms with Crippen molar-refractivity contribution in [2.45, 2.75) is 5.38 Å². The molecule has 0 aliphatic heterocycles. The first-order valence-electron chi connectivity index (χ1n) is 4.73. The lowest BCUT2D eigenvalue weighted by atomic mass is 10.1. The summed E-state index contributed by atoms with van der Waals surface area (Å²) in [5.74, 6) is 0.575. The van der Waals surface area contributed by atoms with Gasteiger partial charge in [0.25, 0.3) is 0 Å². The zero-order valence-electron chi connectivity index (χ0n) is 8.61. The second-order valence-corrected chi connectivity index (χ2v) is 3.70. The molecule has 0 N–H and O–H groups in total. The van der Waals surface area contributed by atoms with E-state index < -0.39 is 11.2 Å². The minimum atomic E-state index is -0.624. The number of rotatable bonds is 3. The Hall–Kier alpha value is -1.48. The fraction of sp³-hybridized carbons (Fsp3) is 0.167. The van der Waals surface area contributed by atoms with E-state index in [4.69, 9.17) is 20.8 Å². The van der Waals surface area contributed by atoms with Crippen molar-refractivity contribution in [1.82, 2.24) is 0 Å². The van der Waals surface area contributed by atoms with Crippen LogP contribution in [0.1, 0.15) is 16.7 Å². The first-order valence-corrected chi connectivity index (χ1v) is 5.17. The Balaban J connectivity index is 2.34. The summed E-state index contributed by atoms with van der Waals surface area (Å²) in [5, 5.41) is -0.624. The van der Waals surface area contributed by atoms with Gasteiger partial charge in [0.1, 0.15) is 22.7 Å². The highest BCUT2D eigenvalue weighted by atomic mass is 35.5. The molecule has 2 aromatic rings. The molecule has 1 atom stereocenters. The molecule has 84 valence electrons. The van der Waals surface area contributed by atoms with Gasteiger partial charge in [0.2, 0.25) is 0 Å². The van der Waals surface area contributed by atoms with Crippen molar-refractivity contribution in [3.05, 3.63) is 53.7 Å². The van der Waals surface area contributed by atoms with E-state index >= 15 is 0 Å². The van der Waals surface area contributed by atoms with Gasteiger partial charge in [0.15, 0.2) is 0 Å². The molecule has 1 aromatic carbocycles. The summed E-state index contributed by atoms with van der Waals surface area (Å²) in [6.45, 7) is 0. The van der Waals surface area contributed by atoms with E-state index in [1.807, 2.05) is 0 Å². The van der Waals surface area contributed by atoms with E-state index in [1.165, 1.54) is 19.4 Å². The minimum absolute atomic E-state index is 0.373. The van der Waals surface area contributed by atoms with Gasteiger partial charge in [-0.05, 0) is 18.2 Å². The monoisotopic (exact) mass is 240 g/mol. The van der Waals surface area contributed by atoms with Gasteiger partial charge in [0, 0.05) is 11.6 Å². The van der Waals surface area contributed by atoms with E-state index in [9.17, 15) is 4.39 Å². The first kappa shape index (κ1) is 11.0. The molecule has 0 saturated carbocycles. The predicted octanol–water partition coefficient (Wildman–Crippen LogP) is 3.76. The van der Waals surface area contributed by atoms with Crippen LogP contribution in [-0.4, -0.2) is 7.11 Å². The summed E-state index contributed by atoms with van der Waals surface area (Å²) in [7, 11) is 1.49. The third-order valence-corrected chi connectivity index (χ3v) is 2.72. The van der Waals surface area contributed by atoms with Crippen LogP contribution in [0.5, 0.6) is 5.75 Å². The highest BCUT2D eigenvalue weighted by Gasteiger charge is 2.17. The third kappa shape index (κ3) is 2.04. The lowest BCUT2D eigenvalue weighted by Crippen LogP contribution is -1.96. The maximum atomic E-state index is 13.7. The lowest BCUT2D eigenvalue weighted by Gasteiger charge is -2.09. The molecule has 0 fully saturated rings. The van der Waals surface area contributed by atoms with E-state index in [2.05, 4.69) is 0 Å². The summed E-state index contributed by atoms with van der Waals surface area (Å²) < 4.78 is 23.7. The Bertz CT molecular complexity index is 468. The van der Waals surface area contributed by atoms with Gasteiger partial charge in [-0.2, -0.15) is 0 Å². The standard InChI is InChI=1S/C12H10ClFO2/c1-15-8-4-5-9(10(14)7-8)12(13)11-3-2-6-16-11/h2-7,12H,1H3. The number of hydrogen-bond donors (Lipinski definition) is 0. The second kappa shape index (κ2) is 4.58. The summed E-state index contributed by atoms with van der Waals surface area (Å²) >= 11 is 6.10. The van der Waals surface area contributed by atoms with Crippen LogP contribution in [0.3, 0.4) is 0 Å². The van der Waals surface area contributed by atoms with E-state index in [0.717, 1.165) is 0 Å². The van der Waals surface area contributed by atoms with Gasteiger partial charge in [-0.3, -0.25) is 0 Å². The Kier molecular flexibility index (Phi) is 3.15. The highest BCUT2D eigenvalue weighted by Crippen LogP contribution is 2.32. The van der Waals surface area contributed by atoms with Gasteiger partial charge >= 0.3 is 0 Å². The molecular formula is C12H10ClFO2. The molecule has 1 heterocycles. The Morgan fingerprint density at radius 2 is 2.19 bits per heavy atom. The van der Waals surface area contributed by atoms with Crippen LogP contribution in [0, 0.1) is 5.82 Å². The van der Waals surface area contributed by atoms with Crippen LogP contribution in [0.4, 0.5) is 4.39 Å². The number of benzene rings is 1. The maximum absolute atomic E-state index is 13.7. The molecule has 0 bridgehead atoms. The quantitative estimate of drug-likeness (QED) is 0.763. The molecular weight excluding hydrogens is 231 g/mol. The minimum Gasteiger partial charge on any atom is -0.497 e. The number of alkyl halides is 1. The number of furan rings is 1. The molecule has 0 radical (unpaired) electrons. The number of methoxy groups -OCH3 is 1. The SMILES string of the molecule is COc1ccc(C(Cl)c2ccco2)c(F)c1. The summed E-state index contributed by atoms with van der Waals surface area (Å²) in [6.07, 6.45) is 1.51. The van der Waals surface area contributed by atoms with Gasteiger partial charge in [-0.1, -0.05) is 6.07 Å². The van der Waals surface area contributed by atoms with Gasteiger partial charge in [0.05, 0.1) is 13.4 Å². The van der Waals surface area contributed by atoms with Crippen molar-refractivity contribution in [1.29, 1.82) is 0 Å². The number of halogens is 2. The largest absolute Gasteiger partial charge is 0.497 e. The average molecular weight is 241 g/mol. The summed E-state index contributed by atoms with van der Waals surface area (Å²) in [6, 6.07) is 7.98. The lowest BCUT2D eigenvalue weighted by molar-refractivity contribution is 0.410. The average Bonchev–Trinajstić information content (AvgIpc) is 2.81. The van der Waals surface area contributed by atoms with Crippen molar-refractivity contribution in [3.8, 4) is 5.75 Å². The van der Waals surface area contributed by atoms with Crippen molar-refractivity contribution in [2.24, 2.45) is 0 Å². The second-order valence-electron chi connectivity index (χ2n) is 3.27. The molecule has 2 nitrogen and oxygen atoms in total.